The van der Waals surface area contributed by atoms with Crippen LogP contribution in [0.1, 0.15) is 78.6 Å². The van der Waals surface area contributed by atoms with E-state index in [0.29, 0.717) is 5.41 Å². The fourth-order valence-corrected chi connectivity index (χ4v) is 3.93. The molecule has 0 aliphatic heterocycles. The van der Waals surface area contributed by atoms with E-state index in [1.807, 2.05) is 12.4 Å². The van der Waals surface area contributed by atoms with Gasteiger partial charge >= 0.3 is 0 Å². The molecule has 0 saturated heterocycles. The summed E-state index contributed by atoms with van der Waals surface area (Å²) < 4.78 is 0. The zero-order chi connectivity index (χ0) is 20.4. The molecular formula is C26H36N2. The lowest BCUT2D eigenvalue weighted by molar-refractivity contribution is 0.388. The molecule has 150 valence electrons. The lowest BCUT2D eigenvalue weighted by Gasteiger charge is -2.29. The molecule has 1 heterocycles. The highest BCUT2D eigenvalue weighted by Gasteiger charge is 2.22. The van der Waals surface area contributed by atoms with Crippen LogP contribution in [0.15, 0.2) is 48.3 Å². The summed E-state index contributed by atoms with van der Waals surface area (Å²) >= 11 is 0. The highest BCUT2D eigenvalue weighted by atomic mass is 14.9. The zero-order valence-electron chi connectivity index (χ0n) is 18.5. The summed E-state index contributed by atoms with van der Waals surface area (Å²) in [5.41, 5.74) is 5.70. The molecule has 0 saturated carbocycles. The number of benzene rings is 1. The van der Waals surface area contributed by atoms with E-state index in [9.17, 15) is 0 Å². The number of rotatable bonds is 4. The summed E-state index contributed by atoms with van der Waals surface area (Å²) in [6, 6.07) is 8.96. The summed E-state index contributed by atoms with van der Waals surface area (Å²) in [6.07, 6.45) is 12.7. The molecule has 0 bridgehead atoms. The van der Waals surface area contributed by atoms with Gasteiger partial charge in [-0.1, -0.05) is 77.5 Å². The predicted molar refractivity (Wildman–Crippen MR) is 119 cm³/mol. The smallest absolute Gasteiger partial charge is 0.133 e. The van der Waals surface area contributed by atoms with E-state index in [4.69, 9.17) is 0 Å². The van der Waals surface area contributed by atoms with Crippen molar-refractivity contribution in [1.82, 2.24) is 9.97 Å². The first-order valence-corrected chi connectivity index (χ1v) is 10.7. The molecule has 0 N–H and O–H groups in total. The average molecular weight is 377 g/mol. The van der Waals surface area contributed by atoms with Crippen molar-refractivity contribution in [1.29, 1.82) is 0 Å². The molecular weight excluding hydrogens is 340 g/mol. The van der Waals surface area contributed by atoms with E-state index < -0.39 is 0 Å². The first kappa shape index (κ1) is 20.8. The van der Waals surface area contributed by atoms with Gasteiger partial charge in [-0.25, -0.2) is 9.97 Å². The Morgan fingerprint density at radius 1 is 0.857 bits per heavy atom. The van der Waals surface area contributed by atoms with Crippen molar-refractivity contribution in [3.8, 4) is 11.1 Å². The van der Waals surface area contributed by atoms with Gasteiger partial charge in [0.1, 0.15) is 5.82 Å². The van der Waals surface area contributed by atoms with Crippen LogP contribution < -0.4 is 0 Å². The maximum Gasteiger partial charge on any atom is 0.133 e. The Balaban J connectivity index is 1.56. The van der Waals surface area contributed by atoms with E-state index in [-0.39, 0.29) is 5.41 Å². The zero-order valence-corrected chi connectivity index (χ0v) is 18.5. The minimum absolute atomic E-state index is 0.00958. The van der Waals surface area contributed by atoms with Gasteiger partial charge in [-0.2, -0.15) is 0 Å². The van der Waals surface area contributed by atoms with Crippen molar-refractivity contribution < 1.29 is 0 Å². The third kappa shape index (κ3) is 5.31. The molecule has 1 aromatic heterocycles. The van der Waals surface area contributed by atoms with Gasteiger partial charge in [0.25, 0.3) is 0 Å². The monoisotopic (exact) mass is 376 g/mol. The molecule has 3 rings (SSSR count). The Morgan fingerprint density at radius 2 is 1.50 bits per heavy atom. The minimum atomic E-state index is -0.00958. The van der Waals surface area contributed by atoms with Gasteiger partial charge < -0.3 is 0 Å². The molecule has 2 heteroatoms. The van der Waals surface area contributed by atoms with E-state index in [0.717, 1.165) is 17.3 Å². The summed E-state index contributed by atoms with van der Waals surface area (Å²) in [4.78, 5) is 9.11. The minimum Gasteiger partial charge on any atom is -0.240 e. The van der Waals surface area contributed by atoms with Crippen LogP contribution >= 0.6 is 0 Å². The van der Waals surface area contributed by atoms with Gasteiger partial charge in [-0.3, -0.25) is 0 Å². The van der Waals surface area contributed by atoms with Crippen molar-refractivity contribution in [2.24, 2.45) is 11.3 Å². The van der Waals surface area contributed by atoms with Crippen LogP contribution in [0.25, 0.3) is 11.1 Å². The molecule has 0 spiro atoms. The number of aromatic nitrogens is 2. The molecule has 1 aliphatic rings. The maximum atomic E-state index is 4.55. The summed E-state index contributed by atoms with van der Waals surface area (Å²) in [6.45, 7) is 13.4. The number of hydrogen-bond donors (Lipinski definition) is 0. The van der Waals surface area contributed by atoms with Gasteiger partial charge in [-0.15, -0.1) is 0 Å². The van der Waals surface area contributed by atoms with Gasteiger partial charge in [0.2, 0.25) is 0 Å². The van der Waals surface area contributed by atoms with E-state index >= 15 is 0 Å². The standard InChI is InChI=1S/C26H36N2/c1-25(2,3)23-15-11-20(12-16-23)8-7-19-9-13-21(14-10-19)22-17-27-24(28-18-22)26(4,5)6/h9-10,13-15,17-18,20H,7-8,11-12,16H2,1-6H3. The molecule has 1 aliphatic carbocycles. The lowest BCUT2D eigenvalue weighted by atomic mass is 9.76. The Kier molecular flexibility index (Phi) is 6.07. The van der Waals surface area contributed by atoms with Crippen LogP contribution in [0.5, 0.6) is 0 Å². The van der Waals surface area contributed by atoms with E-state index in [1.54, 1.807) is 5.57 Å². The summed E-state index contributed by atoms with van der Waals surface area (Å²) in [5, 5.41) is 0. The van der Waals surface area contributed by atoms with Crippen molar-refractivity contribution in [2.45, 2.75) is 79.1 Å². The second-order valence-corrected chi connectivity index (χ2v) is 10.4. The fourth-order valence-electron chi connectivity index (χ4n) is 3.93. The van der Waals surface area contributed by atoms with E-state index in [1.165, 1.54) is 43.2 Å². The quantitative estimate of drug-likeness (QED) is 0.530. The van der Waals surface area contributed by atoms with Gasteiger partial charge in [0.05, 0.1) is 0 Å². The second kappa shape index (κ2) is 8.19. The Hall–Kier alpha value is -1.96. The third-order valence-corrected chi connectivity index (χ3v) is 5.93. The molecule has 1 aromatic carbocycles. The number of allylic oxidation sites excluding steroid dienone is 2. The third-order valence-electron chi connectivity index (χ3n) is 5.93. The molecule has 0 radical (unpaired) electrons. The number of aryl methyl sites for hydroxylation is 1. The van der Waals surface area contributed by atoms with Crippen LogP contribution in [0.2, 0.25) is 0 Å². The second-order valence-electron chi connectivity index (χ2n) is 10.4. The maximum absolute atomic E-state index is 4.55. The van der Waals surface area contributed by atoms with Gasteiger partial charge in [0, 0.05) is 23.4 Å². The average Bonchev–Trinajstić information content (AvgIpc) is 2.66. The first-order valence-electron chi connectivity index (χ1n) is 10.7. The molecule has 1 unspecified atom stereocenters. The molecule has 0 fully saturated rings. The predicted octanol–water partition coefficient (Wildman–Crippen LogP) is 7.15. The van der Waals surface area contributed by atoms with Crippen LogP contribution in [-0.2, 0) is 11.8 Å². The SMILES string of the molecule is CC(C)(C)C1=CCC(CCc2ccc(-c3cnc(C(C)(C)C)nc3)cc2)CC1. The highest BCUT2D eigenvalue weighted by molar-refractivity contribution is 5.61. The Morgan fingerprint density at radius 3 is 2.00 bits per heavy atom. The topological polar surface area (TPSA) is 25.8 Å². The van der Waals surface area contributed by atoms with Crippen LogP contribution in [0.4, 0.5) is 0 Å². The van der Waals surface area contributed by atoms with Crippen molar-refractivity contribution in [3.63, 3.8) is 0 Å². The van der Waals surface area contributed by atoms with Crippen molar-refractivity contribution >= 4 is 0 Å². The molecule has 28 heavy (non-hydrogen) atoms. The summed E-state index contributed by atoms with van der Waals surface area (Å²) in [5.74, 6) is 1.73. The normalized spacial score (nSPS) is 18.1. The fraction of sp³-hybridized carbons (Fsp3) is 0.538. The highest BCUT2D eigenvalue weighted by Crippen LogP contribution is 2.36. The van der Waals surface area contributed by atoms with Crippen LogP contribution in [0.3, 0.4) is 0 Å². The Bertz CT molecular complexity index is 799. The number of hydrogen-bond acceptors (Lipinski definition) is 2. The molecule has 2 aromatic rings. The Labute approximate surface area is 171 Å². The van der Waals surface area contributed by atoms with Gasteiger partial charge in [0.15, 0.2) is 0 Å². The molecule has 0 amide bonds. The largest absolute Gasteiger partial charge is 0.240 e. The molecule has 1 atom stereocenters. The number of nitrogens with zero attached hydrogens (tertiary/aromatic N) is 2. The summed E-state index contributed by atoms with van der Waals surface area (Å²) in [7, 11) is 0. The van der Waals surface area contributed by atoms with E-state index in [2.05, 4.69) is 81.9 Å². The van der Waals surface area contributed by atoms with Crippen molar-refractivity contribution in [3.05, 3.63) is 59.7 Å². The molecule has 2 nitrogen and oxygen atoms in total. The van der Waals surface area contributed by atoms with Crippen molar-refractivity contribution in [2.75, 3.05) is 0 Å². The first-order chi connectivity index (χ1) is 13.1. The van der Waals surface area contributed by atoms with Gasteiger partial charge in [-0.05, 0) is 54.6 Å². The van der Waals surface area contributed by atoms with Crippen LogP contribution in [-0.4, -0.2) is 9.97 Å². The lowest BCUT2D eigenvalue weighted by Crippen LogP contribution is -2.16. The van der Waals surface area contributed by atoms with Crippen LogP contribution in [0, 0.1) is 11.3 Å².